The lowest BCUT2D eigenvalue weighted by atomic mass is 10.2. The van der Waals surface area contributed by atoms with Crippen molar-refractivity contribution in [2.75, 3.05) is 6.26 Å². The fourth-order valence-corrected chi connectivity index (χ4v) is 3.18. The maximum atomic E-state index is 12.9. The average Bonchev–Trinajstić information content (AvgIpc) is 3.20. The molecule has 3 rings (SSSR count). The van der Waals surface area contributed by atoms with Gasteiger partial charge in [-0.1, -0.05) is 12.1 Å². The molecule has 11 heteroatoms. The molecular weight excluding hydrogens is 401 g/mol. The number of carboxylic acid groups (broad SMARTS) is 1. The molecule has 1 aromatic carbocycles. The number of hydrogen-bond donors (Lipinski definition) is 1. The van der Waals surface area contributed by atoms with Crippen LogP contribution in [0.15, 0.2) is 51.8 Å². The van der Waals surface area contributed by atoms with E-state index in [0.717, 1.165) is 6.26 Å². The Morgan fingerprint density at radius 3 is 2.46 bits per heavy atom. The summed E-state index contributed by atoms with van der Waals surface area (Å²) < 4.78 is 68.5. The zero-order valence-electron chi connectivity index (χ0n) is 14.3. The van der Waals surface area contributed by atoms with Gasteiger partial charge in [-0.2, -0.15) is 18.3 Å². The summed E-state index contributed by atoms with van der Waals surface area (Å²) in [4.78, 5) is 11.0. The zero-order chi connectivity index (χ0) is 20.7. The first kappa shape index (κ1) is 19.7. The van der Waals surface area contributed by atoms with Crippen molar-refractivity contribution in [3.8, 4) is 22.8 Å². The van der Waals surface area contributed by atoms with Crippen LogP contribution in [0.3, 0.4) is 0 Å². The fraction of sp³-hybridized carbons (Fsp3) is 0.176. The predicted octanol–water partition coefficient (Wildman–Crippen LogP) is 3.32. The van der Waals surface area contributed by atoms with E-state index in [9.17, 15) is 26.4 Å². The number of rotatable bonds is 5. The van der Waals surface area contributed by atoms with E-state index < -0.39 is 34.2 Å². The zero-order valence-corrected chi connectivity index (χ0v) is 15.1. The molecule has 2 aromatic heterocycles. The summed E-state index contributed by atoms with van der Waals surface area (Å²) in [5.41, 5.74) is -1.02. The molecule has 0 radical (unpaired) electrons. The highest BCUT2D eigenvalue weighted by Gasteiger charge is 2.35. The molecule has 0 aliphatic heterocycles. The Kier molecular flexibility index (Phi) is 4.79. The summed E-state index contributed by atoms with van der Waals surface area (Å²) in [6, 6.07) is 9.35. The molecule has 0 saturated carbocycles. The highest BCUT2D eigenvalue weighted by Crippen LogP contribution is 2.34. The number of carboxylic acids is 1. The van der Waals surface area contributed by atoms with Gasteiger partial charge in [-0.3, -0.25) is 4.79 Å². The van der Waals surface area contributed by atoms with Gasteiger partial charge in [-0.25, -0.2) is 13.1 Å². The summed E-state index contributed by atoms with van der Waals surface area (Å²) in [7, 11) is -3.46. The molecule has 0 bridgehead atoms. The standard InChI is InChI=1S/C17H13F3N2O5S/c1-28(25,26)11-4-2-3-10(7-11)13-5-6-14(27-13)12-8-15(17(18,19)20)21-22(12)9-16(23)24/h2-8H,9H2,1H3,(H,23,24). The molecule has 0 aliphatic carbocycles. The lowest BCUT2D eigenvalue weighted by molar-refractivity contribution is -0.143. The molecule has 0 aliphatic rings. The topological polar surface area (TPSA) is 102 Å². The van der Waals surface area contributed by atoms with E-state index in [1.54, 1.807) is 6.07 Å². The van der Waals surface area contributed by atoms with Gasteiger partial charge in [0.15, 0.2) is 21.3 Å². The third-order valence-corrected chi connectivity index (χ3v) is 4.87. The van der Waals surface area contributed by atoms with Gasteiger partial charge in [0, 0.05) is 11.8 Å². The van der Waals surface area contributed by atoms with Crippen molar-refractivity contribution in [1.82, 2.24) is 9.78 Å². The first-order valence-corrected chi connectivity index (χ1v) is 9.62. The van der Waals surface area contributed by atoms with Crippen LogP contribution in [0.25, 0.3) is 22.8 Å². The summed E-state index contributed by atoms with van der Waals surface area (Å²) in [6.07, 6.45) is -3.71. The quantitative estimate of drug-likeness (QED) is 0.687. The third kappa shape index (κ3) is 4.09. The minimum Gasteiger partial charge on any atom is -0.480 e. The van der Waals surface area contributed by atoms with Crippen molar-refractivity contribution in [2.45, 2.75) is 17.6 Å². The van der Waals surface area contributed by atoms with Crippen LogP contribution in [-0.4, -0.2) is 35.5 Å². The van der Waals surface area contributed by atoms with Gasteiger partial charge >= 0.3 is 12.1 Å². The van der Waals surface area contributed by atoms with Crippen LogP contribution in [0.2, 0.25) is 0 Å². The normalized spacial score (nSPS) is 12.3. The van der Waals surface area contributed by atoms with Crippen molar-refractivity contribution in [3.63, 3.8) is 0 Å². The van der Waals surface area contributed by atoms with Crippen LogP contribution >= 0.6 is 0 Å². The van der Waals surface area contributed by atoms with Crippen molar-refractivity contribution in [1.29, 1.82) is 0 Å². The molecular formula is C17H13F3N2O5S. The van der Waals surface area contributed by atoms with Crippen molar-refractivity contribution in [3.05, 3.63) is 48.2 Å². The maximum absolute atomic E-state index is 12.9. The molecule has 0 unspecified atom stereocenters. The Bertz CT molecular complexity index is 1150. The van der Waals surface area contributed by atoms with E-state index in [2.05, 4.69) is 5.10 Å². The second-order valence-corrected chi connectivity index (χ2v) is 7.94. The average molecular weight is 414 g/mol. The summed E-state index contributed by atoms with van der Waals surface area (Å²) in [5, 5.41) is 12.2. The Morgan fingerprint density at radius 2 is 1.86 bits per heavy atom. The van der Waals surface area contributed by atoms with Crippen LogP contribution in [0.5, 0.6) is 0 Å². The van der Waals surface area contributed by atoms with Crippen LogP contribution in [0.4, 0.5) is 13.2 Å². The second-order valence-electron chi connectivity index (χ2n) is 5.93. The first-order chi connectivity index (χ1) is 12.9. The highest BCUT2D eigenvalue weighted by molar-refractivity contribution is 7.90. The predicted molar refractivity (Wildman–Crippen MR) is 91.1 cm³/mol. The van der Waals surface area contributed by atoms with E-state index in [1.807, 2.05) is 0 Å². The van der Waals surface area contributed by atoms with Gasteiger partial charge in [0.2, 0.25) is 0 Å². The van der Waals surface area contributed by atoms with Gasteiger partial charge in [-0.05, 0) is 30.3 Å². The van der Waals surface area contributed by atoms with Gasteiger partial charge in [-0.15, -0.1) is 0 Å². The SMILES string of the molecule is CS(=O)(=O)c1cccc(-c2ccc(-c3cc(C(F)(F)F)nn3CC(=O)O)o2)c1. The molecule has 0 spiro atoms. The molecule has 148 valence electrons. The third-order valence-electron chi connectivity index (χ3n) is 3.76. The Labute approximate surface area is 156 Å². The lowest BCUT2D eigenvalue weighted by Crippen LogP contribution is -2.13. The summed E-state index contributed by atoms with van der Waals surface area (Å²) in [5.74, 6) is -1.20. The van der Waals surface area contributed by atoms with E-state index >= 15 is 0 Å². The van der Waals surface area contributed by atoms with Gasteiger partial charge in [0.1, 0.15) is 18.0 Å². The van der Waals surface area contributed by atoms with Crippen molar-refractivity contribution >= 4 is 15.8 Å². The minimum absolute atomic E-state index is 0.0380. The largest absolute Gasteiger partial charge is 0.480 e. The fourth-order valence-electron chi connectivity index (χ4n) is 2.51. The monoisotopic (exact) mass is 414 g/mol. The molecule has 0 fully saturated rings. The Balaban J connectivity index is 2.05. The van der Waals surface area contributed by atoms with Crippen molar-refractivity contribution in [2.24, 2.45) is 0 Å². The van der Waals surface area contributed by atoms with Gasteiger partial charge in [0.25, 0.3) is 0 Å². The van der Waals surface area contributed by atoms with E-state index in [0.29, 0.717) is 16.3 Å². The molecule has 28 heavy (non-hydrogen) atoms. The van der Waals surface area contributed by atoms with Gasteiger partial charge < -0.3 is 9.52 Å². The number of aliphatic carboxylic acids is 1. The lowest BCUT2D eigenvalue weighted by Gasteiger charge is -2.03. The maximum Gasteiger partial charge on any atom is 0.435 e. The summed E-state index contributed by atoms with van der Waals surface area (Å²) in [6.45, 7) is -0.787. The second kappa shape index (κ2) is 6.82. The Morgan fingerprint density at radius 1 is 1.18 bits per heavy atom. The highest BCUT2D eigenvalue weighted by atomic mass is 32.2. The number of furan rings is 1. The number of aromatic nitrogens is 2. The number of sulfone groups is 1. The van der Waals surface area contributed by atoms with Crippen LogP contribution in [0.1, 0.15) is 5.69 Å². The Hall–Kier alpha value is -3.08. The molecule has 0 atom stereocenters. The number of halogens is 3. The smallest absolute Gasteiger partial charge is 0.435 e. The van der Waals surface area contributed by atoms with Crippen molar-refractivity contribution < 1.29 is 35.9 Å². The molecule has 7 nitrogen and oxygen atoms in total. The number of benzene rings is 1. The molecule has 3 aromatic rings. The number of alkyl halides is 3. The molecule has 2 heterocycles. The first-order valence-electron chi connectivity index (χ1n) is 7.73. The number of carbonyl (C=O) groups is 1. The minimum atomic E-state index is -4.75. The van der Waals surface area contributed by atoms with E-state index in [4.69, 9.17) is 9.52 Å². The van der Waals surface area contributed by atoms with Gasteiger partial charge in [0.05, 0.1) is 4.90 Å². The number of hydrogen-bond acceptors (Lipinski definition) is 5. The van der Waals surface area contributed by atoms with Crippen LogP contribution in [-0.2, 0) is 27.4 Å². The molecule has 0 amide bonds. The van der Waals surface area contributed by atoms with Crippen LogP contribution < -0.4 is 0 Å². The van der Waals surface area contributed by atoms with E-state index in [1.165, 1.54) is 30.3 Å². The summed E-state index contributed by atoms with van der Waals surface area (Å²) >= 11 is 0. The van der Waals surface area contributed by atoms with Crippen LogP contribution in [0, 0.1) is 0 Å². The van der Waals surface area contributed by atoms with E-state index in [-0.39, 0.29) is 22.1 Å². The number of nitrogens with zero attached hydrogens (tertiary/aromatic N) is 2. The molecule has 0 saturated heterocycles. The molecule has 1 N–H and O–H groups in total.